The molecule has 0 fully saturated rings. The number of fused-ring (bicyclic) bond motifs is 6. The molecule has 0 spiro atoms. The summed E-state index contributed by atoms with van der Waals surface area (Å²) >= 11 is 0. The number of alkyl halides is 2. The van der Waals surface area contributed by atoms with Crippen molar-refractivity contribution in [1.29, 1.82) is 5.26 Å². The highest BCUT2D eigenvalue weighted by Crippen LogP contribution is 2.48. The molecule has 0 saturated carbocycles. The molecule has 6 aromatic heterocycles. The second-order valence-corrected chi connectivity index (χ2v) is 27.6. The van der Waals surface area contributed by atoms with Crippen molar-refractivity contribution in [2.45, 2.75) is 56.6 Å². The highest BCUT2D eigenvalue weighted by atomic mass is 32.2. The van der Waals surface area contributed by atoms with Crippen molar-refractivity contribution in [1.82, 2.24) is 44.3 Å². The van der Waals surface area contributed by atoms with Gasteiger partial charge in [-0.25, -0.2) is 36.0 Å². The number of hydrogen-bond donors (Lipinski definition) is 6. The van der Waals surface area contributed by atoms with Gasteiger partial charge in [0.2, 0.25) is 0 Å². The molecule has 0 aliphatic heterocycles. The van der Waals surface area contributed by atoms with Crippen LogP contribution >= 0.6 is 0 Å². The molecule has 15 rings (SSSR count). The minimum atomic E-state index is -3.77. The maximum atomic E-state index is 13.8. The number of benzene rings is 9. The maximum absolute atomic E-state index is 13.8. The number of aromatic amines is 3. The Balaban J connectivity index is 0.000000137. The second kappa shape index (κ2) is 26.6. The van der Waals surface area contributed by atoms with Crippen LogP contribution in [0.2, 0.25) is 0 Å². The van der Waals surface area contributed by atoms with Crippen LogP contribution in [-0.4, -0.2) is 105 Å². The Hall–Kier alpha value is -12.5. The van der Waals surface area contributed by atoms with Crippen LogP contribution in [-0.2, 0) is 25.4 Å². The van der Waals surface area contributed by atoms with Crippen molar-refractivity contribution in [3.05, 3.63) is 246 Å². The van der Waals surface area contributed by atoms with Crippen LogP contribution < -0.4 is 0 Å². The van der Waals surface area contributed by atoms with Gasteiger partial charge in [-0.1, -0.05) is 64.1 Å². The van der Waals surface area contributed by atoms with Gasteiger partial charge in [0.25, 0.3) is 0 Å². The quantitative estimate of drug-likeness (QED) is 0.0492. The highest BCUT2D eigenvalue weighted by molar-refractivity contribution is 7.90. The van der Waals surface area contributed by atoms with Gasteiger partial charge in [-0.3, -0.25) is 19.9 Å². The number of sulfone groups is 1. The lowest BCUT2D eigenvalue weighted by atomic mass is 9.81. The zero-order valence-electron chi connectivity index (χ0n) is 54.8. The third-order valence-corrected chi connectivity index (χ3v) is 18.9. The molecule has 19 nitrogen and oxygen atoms in total. The minimum absolute atomic E-state index is 0.0304. The van der Waals surface area contributed by atoms with E-state index >= 15 is 0 Å². The van der Waals surface area contributed by atoms with Gasteiger partial charge in [-0.2, -0.15) is 29.3 Å². The molecule has 102 heavy (non-hydrogen) atoms. The van der Waals surface area contributed by atoms with Gasteiger partial charge in [-0.15, -0.1) is 0 Å². The summed E-state index contributed by atoms with van der Waals surface area (Å²) in [4.78, 5) is 34.1. The number of carbonyl (C=O) groups is 3. The summed E-state index contributed by atoms with van der Waals surface area (Å²) in [6, 6.07) is 50.7. The Morgan fingerprint density at radius 2 is 0.804 bits per heavy atom. The number of ether oxygens (including phenoxy) is 1. The number of nitrogens with zero attached hydrogens (tertiary/aromatic N) is 7. The SMILES string of the molecule is CC(C)(CC#N)c1c(-c2ccc(C(=O)O)cc2)c2cc3[nH]ncc3cc2n1-c1ccc(F)cc1.CC(C)(COC(F)F)c1c(-c2ccc(C(=O)O)cc2)c2cc3[nH]ncc3cc2n1-c1ccc(F)cc1.CS(=O)(=O)c1c(-c2ccc(C(=O)O)cc2)c2cc3[nH]ncc3cc2n1-c1ccc(F)cc1. The number of halogens is 5. The summed E-state index contributed by atoms with van der Waals surface area (Å²) in [5.74, 6) is -4.30. The number of carboxylic acid groups (broad SMARTS) is 3. The number of hydrogen-bond acceptors (Lipinski definition) is 10. The molecule has 0 radical (unpaired) electrons. The van der Waals surface area contributed by atoms with E-state index in [9.17, 15) is 65.3 Å². The Morgan fingerprint density at radius 1 is 0.490 bits per heavy atom. The van der Waals surface area contributed by atoms with E-state index in [2.05, 4.69) is 41.2 Å². The highest BCUT2D eigenvalue weighted by Gasteiger charge is 2.36. The summed E-state index contributed by atoms with van der Waals surface area (Å²) in [7, 11) is -3.77. The summed E-state index contributed by atoms with van der Waals surface area (Å²) in [6.45, 7) is 4.37. The van der Waals surface area contributed by atoms with E-state index in [1.807, 2.05) is 54.8 Å². The predicted octanol–water partition coefficient (Wildman–Crippen LogP) is 17.1. The van der Waals surface area contributed by atoms with Gasteiger partial charge in [0.1, 0.15) is 22.5 Å². The van der Waals surface area contributed by atoms with Crippen molar-refractivity contribution in [3.63, 3.8) is 0 Å². The first-order valence-electron chi connectivity index (χ1n) is 31.5. The molecular formula is C77H59F5N10O9S. The van der Waals surface area contributed by atoms with Gasteiger partial charge in [0.05, 0.1) is 81.1 Å². The molecule has 512 valence electrons. The first-order chi connectivity index (χ1) is 48.7. The van der Waals surface area contributed by atoms with Crippen LogP contribution in [0.4, 0.5) is 22.0 Å². The Kier molecular flexibility index (Phi) is 17.7. The summed E-state index contributed by atoms with van der Waals surface area (Å²) in [5.41, 5.74) is 11.1. The Bertz CT molecular complexity index is 5930. The average molecular weight is 1400 g/mol. The van der Waals surface area contributed by atoms with E-state index in [0.29, 0.717) is 44.7 Å². The third kappa shape index (κ3) is 12.9. The first-order valence-corrected chi connectivity index (χ1v) is 33.4. The number of aromatic carboxylic acids is 3. The van der Waals surface area contributed by atoms with E-state index in [0.717, 1.165) is 88.8 Å². The van der Waals surface area contributed by atoms with Gasteiger partial charge < -0.3 is 29.2 Å². The monoisotopic (exact) mass is 1390 g/mol. The molecule has 0 atom stereocenters. The fourth-order valence-electron chi connectivity index (χ4n) is 13.2. The number of carboxylic acids is 3. The third-order valence-electron chi connectivity index (χ3n) is 17.8. The maximum Gasteiger partial charge on any atom is 0.345 e. The van der Waals surface area contributed by atoms with Crippen LogP contribution in [0.25, 0.3) is 116 Å². The molecule has 9 aromatic carbocycles. The van der Waals surface area contributed by atoms with Gasteiger partial charge in [0, 0.05) is 101 Å². The largest absolute Gasteiger partial charge is 0.478 e. The number of aromatic nitrogens is 9. The van der Waals surface area contributed by atoms with Crippen LogP contribution in [0.15, 0.2) is 206 Å². The van der Waals surface area contributed by atoms with Crippen molar-refractivity contribution in [2.24, 2.45) is 0 Å². The number of nitriles is 1. The first kappa shape index (κ1) is 68.0. The van der Waals surface area contributed by atoms with Crippen molar-refractivity contribution in [2.75, 3.05) is 12.9 Å². The second-order valence-electron chi connectivity index (χ2n) is 25.6. The predicted molar refractivity (Wildman–Crippen MR) is 377 cm³/mol. The van der Waals surface area contributed by atoms with E-state index in [-0.39, 0.29) is 40.6 Å². The normalized spacial score (nSPS) is 11.9. The molecule has 6 N–H and O–H groups in total. The molecule has 0 aliphatic carbocycles. The molecule has 0 saturated heterocycles. The number of nitrogens with one attached hydrogen (secondary N) is 3. The lowest BCUT2D eigenvalue weighted by molar-refractivity contribution is -0.139. The molecule has 0 aliphatic rings. The Morgan fingerprint density at radius 3 is 1.13 bits per heavy atom. The standard InChI is InChI=1S/C27H22F3N3O3.C27H21FN4O2.C23H16FN3O4S/c1-27(2,14-36-26(29)30)24-23(15-3-5-16(6-4-15)25(34)35)20-12-21-17(13-31-32-21)11-22(20)33(24)19-9-7-18(28)8-10-19;1-27(2,11-12-29)25-24(16-3-5-17(6-4-16)26(33)34)21-14-22-18(15-30-31-22)13-23(21)32(25)20-9-7-19(28)8-10-20;1-32(30,31)22-21(13-2-4-14(5-3-13)23(28)29)18-11-19-15(12-25-26-19)10-20(18)27(22)17-8-6-16(24)7-9-17/h3-13,26H,14H2,1-2H3,(H,31,32)(H,34,35);3-10,13-15H,11H2,1-2H3,(H,30,31)(H,33,34);2-12H,1H3,(H,25,26)(H,28,29). The van der Waals surface area contributed by atoms with E-state index < -0.39 is 56.8 Å². The average Bonchev–Trinajstić information content (AvgIpc) is 1.58. The number of rotatable bonds is 16. The summed E-state index contributed by atoms with van der Waals surface area (Å²) in [6.07, 6.45) is 6.44. The smallest absolute Gasteiger partial charge is 0.345 e. The molecule has 0 amide bonds. The molecule has 25 heteroatoms. The molecule has 0 bridgehead atoms. The lowest BCUT2D eigenvalue weighted by Gasteiger charge is -2.28. The number of H-pyrrole nitrogens is 3. The van der Waals surface area contributed by atoms with Crippen LogP contribution in [0, 0.1) is 28.8 Å². The zero-order chi connectivity index (χ0) is 72.3. The van der Waals surface area contributed by atoms with E-state index in [1.54, 1.807) is 110 Å². The Labute approximate surface area is 576 Å². The van der Waals surface area contributed by atoms with Crippen molar-refractivity contribution >= 4 is 93.2 Å². The molecule has 15 aromatic rings. The van der Waals surface area contributed by atoms with Gasteiger partial charge >= 0.3 is 24.5 Å². The van der Waals surface area contributed by atoms with Gasteiger partial charge in [-0.05, 0) is 162 Å². The van der Waals surface area contributed by atoms with Crippen molar-refractivity contribution < 1.29 is 64.8 Å². The molecule has 6 heterocycles. The summed E-state index contributed by atoms with van der Waals surface area (Å²) < 4.78 is 104. The zero-order valence-corrected chi connectivity index (χ0v) is 55.6. The fraction of sp³-hybridized carbons (Fsp3) is 0.130. The van der Waals surface area contributed by atoms with Gasteiger partial charge in [0.15, 0.2) is 9.84 Å². The minimum Gasteiger partial charge on any atom is -0.478 e. The topological polar surface area (TPSA) is 280 Å². The van der Waals surface area contributed by atoms with E-state index in [4.69, 9.17) is 4.74 Å². The van der Waals surface area contributed by atoms with Crippen molar-refractivity contribution in [3.8, 4) is 56.5 Å². The van der Waals surface area contributed by atoms with E-state index in [1.165, 1.54) is 72.8 Å². The summed E-state index contributed by atoms with van der Waals surface area (Å²) in [5, 5.41) is 63.7. The lowest BCUT2D eigenvalue weighted by Crippen LogP contribution is -2.29. The van der Waals surface area contributed by atoms with Crippen LogP contribution in [0.5, 0.6) is 0 Å². The fourth-order valence-corrected chi connectivity index (χ4v) is 14.3. The molecular weight excluding hydrogens is 1340 g/mol. The molecule has 0 unspecified atom stereocenters. The van der Waals surface area contributed by atoms with Crippen LogP contribution in [0.3, 0.4) is 0 Å². The van der Waals surface area contributed by atoms with Crippen LogP contribution in [0.1, 0.15) is 76.6 Å².